The van der Waals surface area contributed by atoms with Crippen LogP contribution in [0.25, 0.3) is 11.3 Å². The number of piperidine rings is 1. The molecule has 0 spiro atoms. The number of likely N-dealkylation sites (tertiary alicyclic amines) is 1. The average Bonchev–Trinajstić information content (AvgIpc) is 3.20. The molecule has 2 aliphatic heterocycles. The van der Waals surface area contributed by atoms with Crippen LogP contribution in [0.1, 0.15) is 35.9 Å². The molecule has 3 aromatic rings. The van der Waals surface area contributed by atoms with Crippen molar-refractivity contribution in [1.82, 2.24) is 14.5 Å². The number of aryl methyl sites for hydroxylation is 2. The summed E-state index contributed by atoms with van der Waals surface area (Å²) in [6, 6.07) is 14.2. The zero-order chi connectivity index (χ0) is 25.8. The SMILES string of the molecule is CN1CCC(OC2c3ccccc3CCn3cc(-c4ccc(Cl)cc4Cl)nc32)CC1.O=C(O)C(=O)O. The van der Waals surface area contributed by atoms with Gasteiger partial charge in [0, 0.05) is 36.4 Å². The summed E-state index contributed by atoms with van der Waals surface area (Å²) in [5.74, 6) is -2.69. The second-order valence-electron chi connectivity index (χ2n) is 8.88. The number of aliphatic carboxylic acids is 2. The average molecular weight is 532 g/mol. The van der Waals surface area contributed by atoms with E-state index in [9.17, 15) is 0 Å². The summed E-state index contributed by atoms with van der Waals surface area (Å²) < 4.78 is 8.98. The predicted molar refractivity (Wildman–Crippen MR) is 137 cm³/mol. The highest BCUT2D eigenvalue weighted by Crippen LogP contribution is 2.37. The molecule has 3 heterocycles. The number of rotatable bonds is 3. The third-order valence-electron chi connectivity index (χ3n) is 6.39. The van der Waals surface area contributed by atoms with Crippen LogP contribution in [0.3, 0.4) is 0 Å². The van der Waals surface area contributed by atoms with E-state index in [2.05, 4.69) is 47.0 Å². The molecule has 0 aliphatic carbocycles. The lowest BCUT2D eigenvalue weighted by Gasteiger charge is -2.32. The lowest BCUT2D eigenvalue weighted by Crippen LogP contribution is -2.35. The number of hydrogen-bond acceptors (Lipinski definition) is 5. The van der Waals surface area contributed by atoms with Crippen molar-refractivity contribution < 1.29 is 24.5 Å². The topological polar surface area (TPSA) is 105 Å². The monoisotopic (exact) mass is 531 g/mol. The predicted octanol–water partition coefficient (Wildman–Crippen LogP) is 4.77. The third-order valence-corrected chi connectivity index (χ3v) is 6.93. The number of carboxylic acids is 2. The molecular weight excluding hydrogens is 505 g/mol. The van der Waals surface area contributed by atoms with E-state index in [-0.39, 0.29) is 12.2 Å². The molecule has 1 unspecified atom stereocenters. The van der Waals surface area contributed by atoms with E-state index in [4.69, 9.17) is 52.7 Å². The normalized spacial score (nSPS) is 17.8. The van der Waals surface area contributed by atoms with Gasteiger partial charge in [0.15, 0.2) is 0 Å². The van der Waals surface area contributed by atoms with Crippen LogP contribution in [-0.2, 0) is 27.3 Å². The van der Waals surface area contributed by atoms with Gasteiger partial charge in [0.05, 0.1) is 16.8 Å². The summed E-state index contributed by atoms with van der Waals surface area (Å²) in [5.41, 5.74) is 4.33. The smallest absolute Gasteiger partial charge is 0.414 e. The minimum atomic E-state index is -1.82. The van der Waals surface area contributed by atoms with Crippen molar-refractivity contribution in [1.29, 1.82) is 0 Å². The van der Waals surface area contributed by atoms with E-state index < -0.39 is 11.9 Å². The van der Waals surface area contributed by atoms with Crippen LogP contribution in [0.5, 0.6) is 0 Å². The van der Waals surface area contributed by atoms with Crippen LogP contribution in [-0.4, -0.2) is 62.8 Å². The first-order valence-corrected chi connectivity index (χ1v) is 12.4. The van der Waals surface area contributed by atoms with Gasteiger partial charge in [0.25, 0.3) is 0 Å². The number of aromatic nitrogens is 2. The summed E-state index contributed by atoms with van der Waals surface area (Å²) in [5, 5.41) is 16.0. The summed E-state index contributed by atoms with van der Waals surface area (Å²) in [7, 11) is 2.17. The summed E-state index contributed by atoms with van der Waals surface area (Å²) in [6.45, 7) is 3.01. The van der Waals surface area contributed by atoms with E-state index in [1.54, 1.807) is 6.07 Å². The van der Waals surface area contributed by atoms with Crippen LogP contribution < -0.4 is 0 Å². The molecule has 1 atom stereocenters. The largest absolute Gasteiger partial charge is 0.473 e. The minimum Gasteiger partial charge on any atom is -0.473 e. The van der Waals surface area contributed by atoms with Crippen molar-refractivity contribution in [3.8, 4) is 11.3 Å². The Bertz CT molecular complexity index is 1240. The van der Waals surface area contributed by atoms with Gasteiger partial charge in [0.2, 0.25) is 0 Å². The van der Waals surface area contributed by atoms with Gasteiger partial charge >= 0.3 is 11.9 Å². The second kappa shape index (κ2) is 11.4. The van der Waals surface area contributed by atoms with Crippen molar-refractivity contribution in [3.05, 3.63) is 75.7 Å². The van der Waals surface area contributed by atoms with Crippen molar-refractivity contribution in [2.24, 2.45) is 0 Å². The lowest BCUT2D eigenvalue weighted by atomic mass is 10.00. The first-order chi connectivity index (χ1) is 17.2. The Hall–Kier alpha value is -2.91. The van der Waals surface area contributed by atoms with Crippen molar-refractivity contribution in [2.45, 2.75) is 38.0 Å². The first-order valence-electron chi connectivity index (χ1n) is 11.6. The van der Waals surface area contributed by atoms with Gasteiger partial charge in [-0.2, -0.15) is 0 Å². The second-order valence-corrected chi connectivity index (χ2v) is 9.72. The molecule has 0 amide bonds. The number of halogens is 2. The lowest BCUT2D eigenvalue weighted by molar-refractivity contribution is -0.159. The molecule has 1 aromatic heterocycles. The van der Waals surface area contributed by atoms with Crippen LogP contribution in [0.4, 0.5) is 0 Å². The van der Waals surface area contributed by atoms with Gasteiger partial charge in [-0.3, -0.25) is 0 Å². The molecule has 2 aliphatic rings. The van der Waals surface area contributed by atoms with Crippen molar-refractivity contribution >= 4 is 35.1 Å². The summed E-state index contributed by atoms with van der Waals surface area (Å²) in [4.78, 5) is 25.6. The third kappa shape index (κ3) is 6.07. The number of ether oxygens (including phenoxy) is 1. The number of carboxylic acid groups (broad SMARTS) is 2. The van der Waals surface area contributed by atoms with Gasteiger partial charge < -0.3 is 24.4 Å². The first kappa shape index (κ1) is 26.2. The maximum absolute atomic E-state index is 9.10. The van der Waals surface area contributed by atoms with E-state index in [0.29, 0.717) is 10.0 Å². The van der Waals surface area contributed by atoms with E-state index in [1.807, 2.05) is 12.1 Å². The Kier molecular flexibility index (Phi) is 8.31. The Morgan fingerprint density at radius 3 is 2.39 bits per heavy atom. The molecule has 190 valence electrons. The Morgan fingerprint density at radius 1 is 1.03 bits per heavy atom. The van der Waals surface area contributed by atoms with Crippen LogP contribution >= 0.6 is 23.2 Å². The van der Waals surface area contributed by atoms with E-state index in [1.165, 1.54) is 11.1 Å². The number of hydrogen-bond donors (Lipinski definition) is 2. The molecule has 0 bridgehead atoms. The number of benzene rings is 2. The molecule has 2 N–H and O–H groups in total. The number of imidazole rings is 1. The van der Waals surface area contributed by atoms with Crippen LogP contribution in [0, 0.1) is 0 Å². The Morgan fingerprint density at radius 2 is 1.72 bits per heavy atom. The molecule has 8 nitrogen and oxygen atoms in total. The Labute approximate surface area is 219 Å². The molecule has 10 heteroatoms. The fourth-order valence-electron chi connectivity index (χ4n) is 4.49. The number of carbonyl (C=O) groups is 2. The van der Waals surface area contributed by atoms with Crippen molar-refractivity contribution in [3.63, 3.8) is 0 Å². The molecule has 36 heavy (non-hydrogen) atoms. The number of fused-ring (bicyclic) bond motifs is 2. The molecule has 1 saturated heterocycles. The quantitative estimate of drug-likeness (QED) is 0.469. The van der Waals surface area contributed by atoms with Gasteiger partial charge in [0.1, 0.15) is 11.9 Å². The zero-order valence-corrected chi connectivity index (χ0v) is 21.2. The number of nitrogens with zero attached hydrogens (tertiary/aromatic N) is 3. The molecule has 2 aromatic carbocycles. The fourth-order valence-corrected chi connectivity index (χ4v) is 5.00. The highest BCUT2D eigenvalue weighted by atomic mass is 35.5. The molecule has 1 fully saturated rings. The van der Waals surface area contributed by atoms with Crippen molar-refractivity contribution in [2.75, 3.05) is 20.1 Å². The molecular formula is C26H27Cl2N3O5. The van der Waals surface area contributed by atoms with E-state index in [0.717, 1.165) is 56.0 Å². The van der Waals surface area contributed by atoms with E-state index >= 15 is 0 Å². The summed E-state index contributed by atoms with van der Waals surface area (Å²) >= 11 is 12.6. The zero-order valence-electron chi connectivity index (χ0n) is 19.7. The van der Waals surface area contributed by atoms with Gasteiger partial charge in [-0.05, 0) is 55.6 Å². The van der Waals surface area contributed by atoms with Gasteiger partial charge in [-0.15, -0.1) is 0 Å². The minimum absolute atomic E-state index is 0.170. The highest BCUT2D eigenvalue weighted by molar-refractivity contribution is 6.36. The van der Waals surface area contributed by atoms with Gasteiger partial charge in [-0.1, -0.05) is 47.5 Å². The maximum atomic E-state index is 9.10. The molecule has 5 rings (SSSR count). The van der Waals surface area contributed by atoms with Crippen LogP contribution in [0.2, 0.25) is 10.0 Å². The molecule has 0 saturated carbocycles. The summed E-state index contributed by atoms with van der Waals surface area (Å²) in [6.07, 6.45) is 5.22. The maximum Gasteiger partial charge on any atom is 0.414 e. The standard InChI is InChI=1S/C24H25Cl2N3O.C2H2O4/c1-28-11-9-18(10-12-28)30-23-19-5-3-2-4-16(19)8-13-29-15-22(27-24(23)29)20-7-6-17(25)14-21(20)26;3-1(4)2(5)6/h2-7,14-15,18,23H,8-13H2,1H3;(H,3,4)(H,5,6). The Balaban J connectivity index is 0.000000455. The van der Waals surface area contributed by atoms with Gasteiger partial charge in [-0.25, -0.2) is 14.6 Å². The fraction of sp³-hybridized carbons (Fsp3) is 0.346. The van der Waals surface area contributed by atoms with Crippen LogP contribution in [0.15, 0.2) is 48.7 Å². The highest BCUT2D eigenvalue weighted by Gasteiger charge is 2.31. The molecule has 0 radical (unpaired) electrons.